The first-order chi connectivity index (χ1) is 19.5. The Kier molecular flexibility index (Phi) is 54.1. The molecule has 0 atom stereocenters. The molecule has 0 saturated heterocycles. The first kappa shape index (κ1) is 74.2. The van der Waals surface area contributed by atoms with Crippen LogP contribution in [0, 0.1) is 10.8 Å². The fraction of sp³-hybridized carbons (Fsp3) is 0.946. The molecule has 6 nitrogen and oxygen atoms in total. The molecule has 0 aromatic heterocycles. The van der Waals surface area contributed by atoms with E-state index in [0.29, 0.717) is 10.8 Å². The molecule has 0 bridgehead atoms. The summed E-state index contributed by atoms with van der Waals surface area (Å²) >= 11 is 20.3. The van der Waals surface area contributed by atoms with Crippen molar-refractivity contribution >= 4 is 73.4 Å². The summed E-state index contributed by atoms with van der Waals surface area (Å²) in [5.41, 5.74) is 0. The lowest BCUT2D eigenvalue weighted by Crippen LogP contribution is -2.15. The Morgan fingerprint density at radius 3 is 0.438 bits per heavy atom. The van der Waals surface area contributed by atoms with Crippen LogP contribution in [-0.4, -0.2) is 66.9 Å². The van der Waals surface area contributed by atoms with Gasteiger partial charge in [0.15, 0.2) is 5.79 Å². The molecule has 0 aliphatic heterocycles. The summed E-state index contributed by atoms with van der Waals surface area (Å²) in [6.07, 6.45) is 0. The van der Waals surface area contributed by atoms with Gasteiger partial charge in [-0.3, -0.25) is 0 Å². The molecule has 0 amide bonds. The molecule has 0 aliphatic rings. The molecule has 11 heteroatoms. The first-order valence-corrected chi connectivity index (χ1v) is 18.1. The third kappa shape index (κ3) is 108000. The molecule has 304 valence electrons. The number of carbonyl (C=O) groups excluding carboxylic acids is 1. The van der Waals surface area contributed by atoms with Crippen LogP contribution in [0.15, 0.2) is 0 Å². The van der Waals surface area contributed by atoms with E-state index in [1.807, 2.05) is 27.7 Å². The highest BCUT2D eigenvalue weighted by Crippen LogP contribution is 2.14. The molecule has 0 rings (SSSR count). The van der Waals surface area contributed by atoms with Crippen LogP contribution in [0.4, 0.5) is 0 Å². The van der Waals surface area contributed by atoms with Crippen molar-refractivity contribution in [2.75, 3.05) is 0 Å². The Hall–Kier alpha value is 0.960. The molecule has 0 aromatic rings. The van der Waals surface area contributed by atoms with Crippen LogP contribution < -0.4 is 0 Å². The van der Waals surface area contributed by atoms with Gasteiger partial charge in [-0.2, -0.15) is 37.9 Å². The van der Waals surface area contributed by atoms with Gasteiger partial charge in [-0.15, -0.1) is 12.6 Å². The Bertz CT molecular complexity index is 461. The number of thiol groups is 4. The molecule has 0 aliphatic carbocycles. The fourth-order valence-corrected chi connectivity index (χ4v) is 0. The molecule has 0 radical (unpaired) electrons. The van der Waals surface area contributed by atoms with E-state index in [4.69, 9.17) is 25.5 Å². The van der Waals surface area contributed by atoms with Gasteiger partial charge in [-0.1, -0.05) is 88.4 Å². The molecular formula is C37H90O6S5. The van der Waals surface area contributed by atoms with Crippen molar-refractivity contribution in [2.24, 2.45) is 10.8 Å². The quantitative estimate of drug-likeness (QED) is 0.0681. The van der Waals surface area contributed by atoms with Gasteiger partial charge >= 0.3 is 0 Å². The molecule has 0 fully saturated rings. The summed E-state index contributed by atoms with van der Waals surface area (Å²) in [5.74, 6) is -1.33. The zero-order valence-electron chi connectivity index (χ0n) is 36.8. The normalized spacial score (nSPS) is 11.1. The topological polar surface area (TPSA) is 118 Å². The highest BCUT2D eigenvalue weighted by Gasteiger charge is 2.01. The van der Waals surface area contributed by atoms with Gasteiger partial charge in [-0.05, 0) is 126 Å². The van der Waals surface area contributed by atoms with Gasteiger partial charge in [-0.25, -0.2) is 0 Å². The molecular weight excluding hydrogens is 701 g/mol. The zero-order chi connectivity index (χ0) is 43.2. The number of aliphatic hydroxyl groups is 5. The van der Waals surface area contributed by atoms with Crippen LogP contribution in [0.25, 0.3) is 0 Å². The molecule has 0 saturated carbocycles. The second-order valence-electron chi connectivity index (χ2n) is 18.8. The van der Waals surface area contributed by atoms with Gasteiger partial charge < -0.3 is 30.3 Å². The lowest BCUT2D eigenvalue weighted by Gasteiger charge is -2.05. The van der Waals surface area contributed by atoms with Gasteiger partial charge in [0.25, 0.3) is 0 Å². The zero-order valence-corrected chi connectivity index (χ0v) is 41.2. The van der Waals surface area contributed by atoms with E-state index < -0.39 is 21.9 Å². The highest BCUT2D eigenvalue weighted by molar-refractivity contribution is 8.00. The number of thiocarbonyl (C=S) groups is 1. The predicted octanol–water partition coefficient (Wildman–Crippen LogP) is 11.3. The van der Waals surface area contributed by atoms with Crippen LogP contribution in [0.5, 0.6) is 0 Å². The van der Waals surface area contributed by atoms with Crippen LogP contribution in [0.2, 0.25) is 0 Å². The average Bonchev–Trinajstić information content (AvgIpc) is 2.37. The number of hydrogen-bond acceptors (Lipinski definition) is 11. The summed E-state index contributed by atoms with van der Waals surface area (Å²) in [4.78, 5) is 9.64. The summed E-state index contributed by atoms with van der Waals surface area (Å²) in [6, 6.07) is 0. The SMILES string of the molecule is CC(C)(C)C.CC(C)(C)C.CC(C)(C)O.CC(C)(C)O.CC(C)(C)S.CC(C)(O)O.CC(C)(O)S.CC(C)(S)S.CC(C)=O.CC(C)=S. The lowest BCUT2D eigenvalue weighted by atomic mass is 10.0. The van der Waals surface area contributed by atoms with E-state index in [1.165, 1.54) is 27.7 Å². The molecule has 5 N–H and O–H groups in total. The van der Waals surface area contributed by atoms with Crippen molar-refractivity contribution in [1.82, 2.24) is 0 Å². The van der Waals surface area contributed by atoms with Gasteiger partial charge in [0.1, 0.15) is 10.7 Å². The summed E-state index contributed by atoms with van der Waals surface area (Å²) in [5, 5.41) is 41.6. The number of hydrogen-bond donors (Lipinski definition) is 9. The van der Waals surface area contributed by atoms with Crippen molar-refractivity contribution in [3.05, 3.63) is 0 Å². The standard InChI is InChI=1S/2C5H12.2C4H10O.C4H10S.C3H8O2.C3H8OS.C3H6O.C3H8S2.C3H6S/c2*1-5(2,3)4;3*1-4(2,3)5;2*1-3(2,4)5;1-3(2)4;1-3(2,4)5;1-3(2)4/h2*1-4H3;3*5H,1-3H3;2*4-5H,1-2H3;1-2H3;4-5H,1-2H3;1-2H3. The van der Waals surface area contributed by atoms with Crippen LogP contribution in [-0.2, 0) is 4.79 Å². The molecule has 0 aromatic carbocycles. The van der Waals surface area contributed by atoms with Gasteiger partial charge in [0.2, 0.25) is 0 Å². The van der Waals surface area contributed by atoms with E-state index in [2.05, 4.69) is 139 Å². The maximum Gasteiger partial charge on any atom is 0.156 e. The summed E-state index contributed by atoms with van der Waals surface area (Å²) < 4.78 is 0.0833. The first-order valence-electron chi connectivity index (χ1n) is 15.9. The second kappa shape index (κ2) is 35.0. The van der Waals surface area contributed by atoms with Gasteiger partial charge in [0, 0.05) is 8.83 Å². The van der Waals surface area contributed by atoms with E-state index in [1.54, 1.807) is 55.4 Å². The van der Waals surface area contributed by atoms with Crippen LogP contribution in [0.1, 0.15) is 187 Å². The maximum absolute atomic E-state index is 9.44. The third-order valence-electron chi connectivity index (χ3n) is 0. The summed E-state index contributed by atoms with van der Waals surface area (Å²) in [6.45, 7) is 50.6. The van der Waals surface area contributed by atoms with Gasteiger partial charge in [0.05, 0.1) is 11.2 Å². The molecule has 48 heavy (non-hydrogen) atoms. The van der Waals surface area contributed by atoms with E-state index in [0.717, 1.165) is 4.86 Å². The Morgan fingerprint density at radius 2 is 0.438 bits per heavy atom. The predicted molar refractivity (Wildman–Crippen MR) is 239 cm³/mol. The minimum atomic E-state index is -1.50. The minimum absolute atomic E-state index is 0.111. The molecule has 0 heterocycles. The van der Waals surface area contributed by atoms with Crippen molar-refractivity contribution in [1.29, 1.82) is 0 Å². The third-order valence-corrected chi connectivity index (χ3v) is 0. The van der Waals surface area contributed by atoms with Crippen molar-refractivity contribution in [3.63, 3.8) is 0 Å². The lowest BCUT2D eigenvalue weighted by molar-refractivity contribution is -0.127. The second-order valence-corrected chi connectivity index (χ2v) is 24.7. The van der Waals surface area contributed by atoms with E-state index in [9.17, 15) is 4.79 Å². The largest absolute Gasteiger partial charge is 0.391 e. The highest BCUT2D eigenvalue weighted by atomic mass is 32.2. The maximum atomic E-state index is 9.44. The fourth-order valence-electron chi connectivity index (χ4n) is 0. The van der Waals surface area contributed by atoms with E-state index >= 15 is 0 Å². The van der Waals surface area contributed by atoms with Crippen LogP contribution >= 0.6 is 62.7 Å². The smallest absolute Gasteiger partial charge is 0.156 e. The number of ketones is 1. The Balaban J connectivity index is -0.0000000418. The number of rotatable bonds is 0. The molecule has 0 spiro atoms. The van der Waals surface area contributed by atoms with E-state index in [-0.39, 0.29) is 14.6 Å². The van der Waals surface area contributed by atoms with Crippen molar-refractivity contribution in [3.8, 4) is 0 Å². The van der Waals surface area contributed by atoms with Crippen molar-refractivity contribution in [2.45, 2.75) is 218 Å². The summed E-state index contributed by atoms with van der Waals surface area (Å²) in [7, 11) is 0. The Labute approximate surface area is 330 Å². The minimum Gasteiger partial charge on any atom is -0.391 e. The number of Topliss-reactive ketones (excluding diaryl/α,β-unsaturated/α-hetero) is 1. The van der Waals surface area contributed by atoms with Crippen LogP contribution in [0.3, 0.4) is 0 Å². The number of carbonyl (C=O) groups is 1. The Morgan fingerprint density at radius 1 is 0.438 bits per heavy atom. The monoisotopic (exact) mass is 791 g/mol. The average molecular weight is 791 g/mol. The van der Waals surface area contributed by atoms with Crippen molar-refractivity contribution < 1.29 is 30.3 Å². The molecule has 0 unspecified atom stereocenters.